The van der Waals surface area contributed by atoms with Gasteiger partial charge in [-0.05, 0) is 110 Å². The van der Waals surface area contributed by atoms with E-state index in [9.17, 15) is 24.0 Å². The number of carbonyl (C=O) groups is 5. The second kappa shape index (κ2) is 34.9. The Hall–Kier alpha value is -4.31. The van der Waals surface area contributed by atoms with Gasteiger partial charge in [0.25, 0.3) is 0 Å². The molecule has 0 aliphatic carbocycles. The van der Waals surface area contributed by atoms with Gasteiger partial charge in [-0.2, -0.15) is 0 Å². The van der Waals surface area contributed by atoms with Crippen molar-refractivity contribution in [3.63, 3.8) is 0 Å². The lowest BCUT2D eigenvalue weighted by Gasteiger charge is -2.19. The summed E-state index contributed by atoms with van der Waals surface area (Å²) in [5.41, 5.74) is 44.5. The normalized spacial score (nSPS) is 13.0. The Morgan fingerprint density at radius 3 is 1.37 bits per heavy atom. The van der Waals surface area contributed by atoms with Crippen LogP contribution in [-0.4, -0.2) is 125 Å². The molecule has 22 N–H and O–H groups in total. The average Bonchev–Trinajstić information content (AvgIpc) is 3.17. The number of nitrogens with two attached hydrogens (primary N) is 8. The predicted molar refractivity (Wildman–Crippen MR) is 225 cm³/mol. The highest BCUT2D eigenvalue weighted by Crippen LogP contribution is 2.05. The zero-order chi connectivity index (χ0) is 42.7. The van der Waals surface area contributed by atoms with Crippen molar-refractivity contribution in [2.75, 3.05) is 58.9 Å². The molecule has 0 heterocycles. The van der Waals surface area contributed by atoms with E-state index in [0.717, 1.165) is 38.6 Å². The first-order valence-electron chi connectivity index (χ1n) is 20.5. The lowest BCUT2D eigenvalue weighted by molar-refractivity contribution is -0.129. The van der Waals surface area contributed by atoms with Crippen LogP contribution in [0.1, 0.15) is 103 Å². The zero-order valence-electron chi connectivity index (χ0n) is 34.0. The van der Waals surface area contributed by atoms with Crippen LogP contribution in [0, 0.1) is 0 Å². The van der Waals surface area contributed by atoms with Crippen molar-refractivity contribution < 1.29 is 24.0 Å². The highest BCUT2D eigenvalue weighted by Gasteiger charge is 2.21. The fraction of sp³-hybridized carbons (Fsp3) is 0.806. The average molecular weight is 813 g/mol. The summed E-state index contributed by atoms with van der Waals surface area (Å²) in [6, 6.07) is -2.62. The number of nitrogens with zero attached hydrogens (tertiary/aromatic N) is 2. The number of amides is 5. The molecule has 0 aromatic heterocycles. The van der Waals surface area contributed by atoms with Gasteiger partial charge in [-0.1, -0.05) is 6.42 Å². The van der Waals surface area contributed by atoms with Gasteiger partial charge in [-0.15, -0.1) is 0 Å². The van der Waals surface area contributed by atoms with Crippen molar-refractivity contribution >= 4 is 41.5 Å². The Morgan fingerprint density at radius 1 is 0.456 bits per heavy atom. The first kappa shape index (κ1) is 52.7. The molecule has 21 nitrogen and oxygen atoms in total. The molecule has 0 rings (SSSR count). The van der Waals surface area contributed by atoms with Crippen molar-refractivity contribution in [1.29, 1.82) is 0 Å². The highest BCUT2D eigenvalue weighted by atomic mass is 16.2. The molecule has 330 valence electrons. The van der Waals surface area contributed by atoms with Crippen LogP contribution < -0.4 is 77.8 Å². The topological polar surface area (TPSA) is 390 Å². The molecule has 0 fully saturated rings. The van der Waals surface area contributed by atoms with Crippen molar-refractivity contribution in [3.8, 4) is 0 Å². The minimum atomic E-state index is -0.739. The molecule has 0 saturated heterocycles. The van der Waals surface area contributed by atoms with E-state index in [-0.39, 0.29) is 47.9 Å². The lowest BCUT2D eigenvalue weighted by atomic mass is 10.1. The van der Waals surface area contributed by atoms with E-state index in [4.69, 9.17) is 45.9 Å². The third-order valence-corrected chi connectivity index (χ3v) is 8.82. The monoisotopic (exact) mass is 813 g/mol. The van der Waals surface area contributed by atoms with Crippen molar-refractivity contribution in [2.24, 2.45) is 55.9 Å². The lowest BCUT2D eigenvalue weighted by Crippen LogP contribution is -2.47. The summed E-state index contributed by atoms with van der Waals surface area (Å²) in [5, 5.41) is 17.6. The molecule has 0 aromatic carbocycles. The number of aliphatic imine (C=N–C) groups is 2. The Kier molecular flexibility index (Phi) is 32.3. The van der Waals surface area contributed by atoms with Crippen molar-refractivity contribution in [3.05, 3.63) is 0 Å². The van der Waals surface area contributed by atoms with E-state index < -0.39 is 24.2 Å². The Morgan fingerprint density at radius 2 is 0.860 bits per heavy atom. The molecule has 0 radical (unpaired) electrons. The quantitative estimate of drug-likeness (QED) is 0.0164. The second-order valence-corrected chi connectivity index (χ2v) is 14.0. The Labute approximate surface area is 338 Å². The summed E-state index contributed by atoms with van der Waals surface area (Å²) < 4.78 is 0. The van der Waals surface area contributed by atoms with Crippen LogP contribution in [0.4, 0.5) is 0 Å². The number of nitrogens with one attached hydrogen (secondary N) is 6. The van der Waals surface area contributed by atoms with Crippen LogP contribution in [0.2, 0.25) is 0 Å². The van der Waals surface area contributed by atoms with Gasteiger partial charge < -0.3 is 77.8 Å². The number of guanidine groups is 2. The standard InChI is InChI=1S/C36H76N16O5/c37-17-4-1-12-26(38)31(54)47-21-6-3-16-30(53)52-29(15-2-5-20-46-32(55)27(39)13-9-23-50-35(41)42)34(57)49-22-8-7-18-45-19-11-25-48-33(56)28(40)14-10-24-51-36(43)44/h26-29,45H,1-25,37-40H2,(H,46,55)(H,47,54)(H,48,56)(H,49,57)(H,52,53)(H4,41,42,50)(H4,43,44,51)/t26-,27-,28-,29-/m0/s1. The smallest absolute Gasteiger partial charge is 0.242 e. The van der Waals surface area contributed by atoms with Gasteiger partial charge in [0.05, 0.1) is 18.1 Å². The first-order valence-corrected chi connectivity index (χ1v) is 20.5. The summed E-state index contributed by atoms with van der Waals surface area (Å²) in [4.78, 5) is 70.4. The third-order valence-electron chi connectivity index (χ3n) is 8.82. The van der Waals surface area contributed by atoms with Crippen molar-refractivity contribution in [1.82, 2.24) is 31.9 Å². The van der Waals surface area contributed by atoms with E-state index in [1.165, 1.54) is 0 Å². The summed E-state index contributed by atoms with van der Waals surface area (Å²) in [7, 11) is 0. The Bertz CT molecular complexity index is 1180. The minimum Gasteiger partial charge on any atom is -0.370 e. The molecule has 57 heavy (non-hydrogen) atoms. The van der Waals surface area contributed by atoms with E-state index in [1.807, 2.05) is 0 Å². The molecule has 0 aromatic rings. The van der Waals surface area contributed by atoms with E-state index >= 15 is 0 Å². The third kappa shape index (κ3) is 31.5. The van der Waals surface area contributed by atoms with Gasteiger partial charge in [-0.25, -0.2) is 0 Å². The number of rotatable bonds is 36. The number of unbranched alkanes of at least 4 members (excludes halogenated alkanes) is 4. The van der Waals surface area contributed by atoms with Crippen LogP contribution in [0.15, 0.2) is 9.98 Å². The maximum atomic E-state index is 13.1. The molecule has 4 atom stereocenters. The van der Waals surface area contributed by atoms with Crippen LogP contribution in [-0.2, 0) is 24.0 Å². The van der Waals surface area contributed by atoms with Gasteiger partial charge in [0.15, 0.2) is 11.9 Å². The number of hydrogen-bond acceptors (Lipinski definition) is 12. The van der Waals surface area contributed by atoms with Gasteiger partial charge in [0, 0.05) is 45.7 Å². The second-order valence-electron chi connectivity index (χ2n) is 14.0. The molecule has 5 amide bonds. The van der Waals surface area contributed by atoms with Gasteiger partial charge in [-0.3, -0.25) is 34.0 Å². The molecule has 0 aliphatic rings. The summed E-state index contributed by atoms with van der Waals surface area (Å²) in [6.07, 6.45) is 9.40. The molecule has 0 saturated carbocycles. The number of hydrogen-bond donors (Lipinski definition) is 14. The molecule has 0 unspecified atom stereocenters. The van der Waals surface area contributed by atoms with Crippen LogP contribution in [0.3, 0.4) is 0 Å². The summed E-state index contributed by atoms with van der Waals surface area (Å²) in [6.45, 7) is 4.54. The number of carbonyl (C=O) groups excluding carboxylic acids is 5. The van der Waals surface area contributed by atoms with Crippen LogP contribution >= 0.6 is 0 Å². The van der Waals surface area contributed by atoms with E-state index in [2.05, 4.69) is 41.9 Å². The van der Waals surface area contributed by atoms with E-state index in [0.29, 0.717) is 117 Å². The highest BCUT2D eigenvalue weighted by molar-refractivity contribution is 5.87. The first-order chi connectivity index (χ1) is 27.3. The molecular weight excluding hydrogens is 737 g/mol. The SMILES string of the molecule is NCCCC[C@H](N)C(=O)NCCCCC(=O)N[C@@H](CCCCNC(=O)[C@@H](N)CCCN=C(N)N)C(=O)NCCCCNCCCNC(=O)[C@@H](N)CCCN=C(N)N. The molecule has 0 aliphatic heterocycles. The Balaban J connectivity index is 4.61. The fourth-order valence-corrected chi connectivity index (χ4v) is 5.44. The van der Waals surface area contributed by atoms with Crippen LogP contribution in [0.25, 0.3) is 0 Å². The predicted octanol–water partition coefficient (Wildman–Crippen LogP) is -3.75. The van der Waals surface area contributed by atoms with E-state index in [1.54, 1.807) is 0 Å². The minimum absolute atomic E-state index is 0.00970. The molecule has 0 spiro atoms. The maximum absolute atomic E-state index is 13.1. The van der Waals surface area contributed by atoms with Gasteiger partial charge in [0.1, 0.15) is 6.04 Å². The summed E-state index contributed by atoms with van der Waals surface area (Å²) in [5.74, 6) is -1.23. The van der Waals surface area contributed by atoms with Crippen molar-refractivity contribution in [2.45, 2.75) is 127 Å². The maximum Gasteiger partial charge on any atom is 0.242 e. The van der Waals surface area contributed by atoms with Gasteiger partial charge in [0.2, 0.25) is 29.5 Å². The molecule has 21 heteroatoms. The molecular formula is C36H76N16O5. The summed E-state index contributed by atoms with van der Waals surface area (Å²) >= 11 is 0. The fourth-order valence-electron chi connectivity index (χ4n) is 5.44. The zero-order valence-corrected chi connectivity index (χ0v) is 34.0. The van der Waals surface area contributed by atoms with Gasteiger partial charge >= 0.3 is 0 Å². The molecule has 0 bridgehead atoms. The van der Waals surface area contributed by atoms with Crippen LogP contribution in [0.5, 0.6) is 0 Å². The largest absolute Gasteiger partial charge is 0.370 e.